The van der Waals surface area contributed by atoms with Gasteiger partial charge in [-0.1, -0.05) is 12.1 Å². The molecule has 7 nitrogen and oxygen atoms in total. The molecule has 0 spiro atoms. The number of methoxy groups -OCH3 is 1. The fraction of sp³-hybridized carbons (Fsp3) is 0.500. The van der Waals surface area contributed by atoms with Crippen LogP contribution in [0, 0.1) is 17.2 Å². The highest BCUT2D eigenvalue weighted by Gasteiger charge is 2.42. The highest BCUT2D eigenvalue weighted by molar-refractivity contribution is 5.96. The molecular formula is C20H24F3N3O4. The number of esters is 2. The van der Waals surface area contributed by atoms with Crippen LogP contribution in [0.2, 0.25) is 0 Å². The maximum Gasteiger partial charge on any atom is 0.431 e. The van der Waals surface area contributed by atoms with Crippen molar-refractivity contribution >= 4 is 17.7 Å². The van der Waals surface area contributed by atoms with E-state index in [1.807, 2.05) is 0 Å². The topological polar surface area (TPSA) is 92.0 Å². The van der Waals surface area contributed by atoms with E-state index in [9.17, 15) is 28.0 Å². The molecule has 0 aliphatic heterocycles. The number of hydrogen-bond donors (Lipinski definition) is 0. The maximum atomic E-state index is 13.8. The Bertz CT molecular complexity index is 799. The summed E-state index contributed by atoms with van der Waals surface area (Å²) < 4.78 is 50.7. The van der Waals surface area contributed by atoms with Gasteiger partial charge in [-0.25, -0.2) is 4.79 Å². The molecular weight excluding hydrogens is 403 g/mol. The van der Waals surface area contributed by atoms with Gasteiger partial charge in [0.05, 0.1) is 25.3 Å². The summed E-state index contributed by atoms with van der Waals surface area (Å²) in [5.74, 6) is -3.86. The van der Waals surface area contributed by atoms with E-state index >= 15 is 0 Å². The minimum atomic E-state index is -4.75. The summed E-state index contributed by atoms with van der Waals surface area (Å²) in [5, 5.41) is 13.9. The number of benzene rings is 1. The highest BCUT2D eigenvalue weighted by Crippen LogP contribution is 2.34. The molecule has 0 bridgehead atoms. The van der Waals surface area contributed by atoms with Crippen LogP contribution in [0.15, 0.2) is 29.4 Å². The summed E-state index contributed by atoms with van der Waals surface area (Å²) in [7, 11) is 3.92. The first-order valence-corrected chi connectivity index (χ1v) is 9.12. The minimum absolute atomic E-state index is 0.0608. The van der Waals surface area contributed by atoms with Crippen LogP contribution in [-0.4, -0.2) is 56.6 Å². The van der Waals surface area contributed by atoms with Crippen LogP contribution >= 0.6 is 0 Å². The molecule has 0 aliphatic rings. The Morgan fingerprint density at radius 1 is 1.20 bits per heavy atom. The number of alkyl halides is 3. The van der Waals surface area contributed by atoms with Gasteiger partial charge < -0.3 is 14.5 Å². The molecule has 0 saturated heterocycles. The molecule has 0 saturated carbocycles. The zero-order valence-electron chi connectivity index (χ0n) is 17.2. The van der Waals surface area contributed by atoms with Crippen LogP contribution < -0.4 is 0 Å². The lowest BCUT2D eigenvalue weighted by atomic mass is 9.86. The van der Waals surface area contributed by atoms with Gasteiger partial charge in [0, 0.05) is 20.0 Å². The van der Waals surface area contributed by atoms with Crippen LogP contribution in [0.5, 0.6) is 0 Å². The largest absolute Gasteiger partial charge is 0.465 e. The number of halogens is 3. The molecule has 0 aliphatic carbocycles. The standard InChI is InChI=1S/C20H24F3N3O4/c1-5-30-19(28)15(12-24)10-11-16(17(20(21,22)23)25-26(2)3)13-6-8-14(9-7-13)18(27)29-4/h6-9,15-16H,5,10-11H2,1-4H3. The second kappa shape index (κ2) is 11.2. The molecule has 10 heteroatoms. The van der Waals surface area contributed by atoms with Gasteiger partial charge in [0.1, 0.15) is 11.6 Å². The first kappa shape index (κ1) is 24.9. The third-order valence-corrected chi connectivity index (χ3v) is 4.13. The van der Waals surface area contributed by atoms with Crippen LogP contribution in [-0.2, 0) is 14.3 Å². The molecule has 0 heterocycles. The first-order chi connectivity index (χ1) is 14.0. The Balaban J connectivity index is 3.33. The summed E-state index contributed by atoms with van der Waals surface area (Å²) in [6.07, 6.45) is -5.08. The van der Waals surface area contributed by atoms with Crippen LogP contribution in [0.3, 0.4) is 0 Å². The van der Waals surface area contributed by atoms with Crippen molar-refractivity contribution in [2.45, 2.75) is 31.9 Å². The summed E-state index contributed by atoms with van der Waals surface area (Å²) in [6.45, 7) is 1.63. The fourth-order valence-corrected chi connectivity index (χ4v) is 2.78. The number of carbonyl (C=O) groups excluding carboxylic acids is 2. The second-order valence-corrected chi connectivity index (χ2v) is 6.51. The summed E-state index contributed by atoms with van der Waals surface area (Å²) in [6, 6.07) is 7.23. The van der Waals surface area contributed by atoms with Gasteiger partial charge in [-0.3, -0.25) is 4.79 Å². The number of hydrazone groups is 1. The Labute approximate surface area is 173 Å². The molecule has 1 aromatic rings. The minimum Gasteiger partial charge on any atom is -0.465 e. The van der Waals surface area contributed by atoms with Gasteiger partial charge in [0.2, 0.25) is 0 Å². The van der Waals surface area contributed by atoms with E-state index in [4.69, 9.17) is 4.74 Å². The number of ether oxygens (including phenoxy) is 2. The Morgan fingerprint density at radius 3 is 2.23 bits per heavy atom. The van der Waals surface area contributed by atoms with Crippen molar-refractivity contribution in [1.29, 1.82) is 5.26 Å². The predicted molar refractivity (Wildman–Crippen MR) is 103 cm³/mol. The van der Waals surface area contributed by atoms with Crippen molar-refractivity contribution in [2.24, 2.45) is 11.0 Å². The molecule has 164 valence electrons. The number of hydrogen-bond acceptors (Lipinski definition) is 7. The molecule has 2 unspecified atom stereocenters. The molecule has 1 rings (SSSR count). The van der Waals surface area contributed by atoms with E-state index in [2.05, 4.69) is 9.84 Å². The Kier molecular flexibility index (Phi) is 9.30. The lowest BCUT2D eigenvalue weighted by molar-refractivity contribution is -0.146. The third kappa shape index (κ3) is 7.06. The Morgan fingerprint density at radius 2 is 1.80 bits per heavy atom. The van der Waals surface area contributed by atoms with Crippen molar-refractivity contribution < 1.29 is 32.2 Å². The molecule has 0 N–H and O–H groups in total. The van der Waals surface area contributed by atoms with E-state index in [-0.39, 0.29) is 30.6 Å². The first-order valence-electron chi connectivity index (χ1n) is 9.12. The second-order valence-electron chi connectivity index (χ2n) is 6.51. The normalized spacial score (nSPS) is 13.7. The molecule has 1 aromatic carbocycles. The van der Waals surface area contributed by atoms with Gasteiger partial charge >= 0.3 is 18.1 Å². The van der Waals surface area contributed by atoms with E-state index in [1.165, 1.54) is 45.5 Å². The quantitative estimate of drug-likeness (QED) is 0.340. The number of nitriles is 1. The molecule has 0 fully saturated rings. The Hall–Kier alpha value is -3.09. The third-order valence-electron chi connectivity index (χ3n) is 4.13. The van der Waals surface area contributed by atoms with Crippen molar-refractivity contribution in [1.82, 2.24) is 5.01 Å². The lowest BCUT2D eigenvalue weighted by Gasteiger charge is -2.24. The molecule has 0 aromatic heterocycles. The number of carbonyl (C=O) groups is 2. The maximum absolute atomic E-state index is 13.8. The van der Waals surface area contributed by atoms with E-state index in [1.54, 1.807) is 13.0 Å². The van der Waals surface area contributed by atoms with E-state index < -0.39 is 35.7 Å². The van der Waals surface area contributed by atoms with Crippen LogP contribution in [0.4, 0.5) is 13.2 Å². The SMILES string of the molecule is CCOC(=O)C(C#N)CCC(C(=NN(C)C)C(F)(F)F)c1ccc(C(=O)OC)cc1. The fourth-order valence-electron chi connectivity index (χ4n) is 2.78. The van der Waals surface area contributed by atoms with E-state index in [0.29, 0.717) is 0 Å². The monoisotopic (exact) mass is 427 g/mol. The molecule has 2 atom stereocenters. The van der Waals surface area contributed by atoms with Gasteiger partial charge in [0.25, 0.3) is 0 Å². The van der Waals surface area contributed by atoms with Crippen LogP contribution in [0.25, 0.3) is 0 Å². The lowest BCUT2D eigenvalue weighted by Crippen LogP contribution is -2.32. The number of nitrogens with zero attached hydrogens (tertiary/aromatic N) is 3. The number of rotatable bonds is 9. The van der Waals surface area contributed by atoms with E-state index in [0.717, 1.165) is 5.01 Å². The van der Waals surface area contributed by atoms with Crippen LogP contribution in [0.1, 0.15) is 41.6 Å². The average Bonchev–Trinajstić information content (AvgIpc) is 2.69. The molecule has 30 heavy (non-hydrogen) atoms. The zero-order valence-corrected chi connectivity index (χ0v) is 17.2. The smallest absolute Gasteiger partial charge is 0.431 e. The highest BCUT2D eigenvalue weighted by atomic mass is 19.4. The molecule has 0 radical (unpaired) electrons. The van der Waals surface area contributed by atoms with Crippen molar-refractivity contribution in [3.8, 4) is 6.07 Å². The van der Waals surface area contributed by atoms with Crippen molar-refractivity contribution in [2.75, 3.05) is 27.8 Å². The summed E-state index contributed by atoms with van der Waals surface area (Å²) in [4.78, 5) is 23.5. The predicted octanol–water partition coefficient (Wildman–Crippen LogP) is 3.52. The van der Waals surface area contributed by atoms with Gasteiger partial charge in [-0.15, -0.1) is 0 Å². The van der Waals surface area contributed by atoms with Crippen molar-refractivity contribution in [3.05, 3.63) is 35.4 Å². The molecule has 0 amide bonds. The van der Waals surface area contributed by atoms with Gasteiger partial charge in [0.15, 0.2) is 0 Å². The summed E-state index contributed by atoms with van der Waals surface area (Å²) >= 11 is 0. The zero-order chi connectivity index (χ0) is 22.9. The van der Waals surface area contributed by atoms with Crippen molar-refractivity contribution in [3.63, 3.8) is 0 Å². The van der Waals surface area contributed by atoms with Gasteiger partial charge in [-0.05, 0) is 37.5 Å². The summed E-state index contributed by atoms with van der Waals surface area (Å²) in [5.41, 5.74) is -0.653. The average molecular weight is 427 g/mol. The van der Waals surface area contributed by atoms with Gasteiger partial charge in [-0.2, -0.15) is 23.5 Å².